The minimum atomic E-state index is -1.86. The fourth-order valence-electron chi connectivity index (χ4n) is 3.43. The van der Waals surface area contributed by atoms with E-state index in [-0.39, 0.29) is 25.4 Å². The van der Waals surface area contributed by atoms with Crippen LogP contribution in [0, 0.1) is 0 Å². The normalized spacial score (nSPS) is 18.2. The number of nitrogens with zero attached hydrogens (tertiary/aromatic N) is 1. The first kappa shape index (κ1) is 18.4. The number of carbonyl (C=O) groups is 2. The van der Waals surface area contributed by atoms with Crippen molar-refractivity contribution >= 4 is 28.7 Å². The highest BCUT2D eigenvalue weighted by atomic mass is 32.1. The van der Waals surface area contributed by atoms with Gasteiger partial charge in [0, 0.05) is 5.56 Å². The van der Waals surface area contributed by atoms with Crippen LogP contribution in [-0.2, 0) is 10.4 Å². The molecule has 0 spiro atoms. The van der Waals surface area contributed by atoms with Crippen molar-refractivity contribution in [3.05, 3.63) is 82.6 Å². The molecule has 4 rings (SSSR count). The monoisotopic (exact) mass is 393 g/mol. The molecule has 1 aromatic heterocycles. The van der Waals surface area contributed by atoms with Gasteiger partial charge in [-0.2, -0.15) is 0 Å². The molecular formula is C22H19NO4S. The molecular weight excluding hydrogens is 374 g/mol. The maximum atomic E-state index is 13.1. The number of amides is 1. The van der Waals surface area contributed by atoms with Crippen LogP contribution in [0.3, 0.4) is 0 Å². The summed E-state index contributed by atoms with van der Waals surface area (Å²) < 4.78 is 5.70. The van der Waals surface area contributed by atoms with Gasteiger partial charge in [0.05, 0.1) is 23.5 Å². The van der Waals surface area contributed by atoms with E-state index in [4.69, 9.17) is 4.74 Å². The number of rotatable bonds is 7. The summed E-state index contributed by atoms with van der Waals surface area (Å²) in [6, 6.07) is 19.9. The molecule has 1 amide bonds. The number of Topliss-reactive ketones (excluding diaryl/α,β-unsaturated/α-hetero) is 1. The molecule has 0 unspecified atom stereocenters. The van der Waals surface area contributed by atoms with Gasteiger partial charge in [0.2, 0.25) is 0 Å². The van der Waals surface area contributed by atoms with Gasteiger partial charge in [-0.25, -0.2) is 0 Å². The minimum absolute atomic E-state index is 0.247. The van der Waals surface area contributed by atoms with Gasteiger partial charge in [-0.1, -0.05) is 42.5 Å². The minimum Gasteiger partial charge on any atom is -0.492 e. The van der Waals surface area contributed by atoms with Crippen LogP contribution in [0.25, 0.3) is 0 Å². The molecule has 1 atom stereocenters. The number of aliphatic hydroxyl groups is 1. The molecule has 5 nitrogen and oxygen atoms in total. The molecule has 142 valence electrons. The lowest BCUT2D eigenvalue weighted by Crippen LogP contribution is -2.43. The van der Waals surface area contributed by atoms with Crippen LogP contribution in [0.2, 0.25) is 0 Å². The van der Waals surface area contributed by atoms with E-state index in [9.17, 15) is 14.7 Å². The Morgan fingerprint density at radius 1 is 1.04 bits per heavy atom. The summed E-state index contributed by atoms with van der Waals surface area (Å²) in [5.41, 5.74) is -0.778. The zero-order valence-electron chi connectivity index (χ0n) is 15.1. The SMILES string of the molecule is O=C(C[C@]1(O)C(=O)N(CCOc2ccccc2)c2ccccc21)c1cccs1. The molecule has 0 fully saturated rings. The molecule has 28 heavy (non-hydrogen) atoms. The molecule has 3 aromatic rings. The van der Waals surface area contributed by atoms with Crippen molar-refractivity contribution in [3.63, 3.8) is 0 Å². The number of para-hydroxylation sites is 2. The number of hydrogen-bond acceptors (Lipinski definition) is 5. The van der Waals surface area contributed by atoms with Crippen molar-refractivity contribution in [1.29, 1.82) is 0 Å². The quantitative estimate of drug-likeness (QED) is 0.623. The Morgan fingerprint density at radius 2 is 1.79 bits per heavy atom. The maximum Gasteiger partial charge on any atom is 0.264 e. The van der Waals surface area contributed by atoms with Gasteiger partial charge in [-0.15, -0.1) is 11.3 Å². The molecule has 2 heterocycles. The van der Waals surface area contributed by atoms with Crippen LogP contribution in [0.4, 0.5) is 5.69 Å². The van der Waals surface area contributed by atoms with Gasteiger partial charge in [0.15, 0.2) is 11.4 Å². The molecule has 0 saturated carbocycles. The van der Waals surface area contributed by atoms with Crippen LogP contribution in [0.5, 0.6) is 5.75 Å². The predicted molar refractivity (Wildman–Crippen MR) is 108 cm³/mol. The molecule has 0 bridgehead atoms. The van der Waals surface area contributed by atoms with Gasteiger partial charge in [-0.3, -0.25) is 9.59 Å². The Morgan fingerprint density at radius 3 is 2.54 bits per heavy atom. The first-order valence-electron chi connectivity index (χ1n) is 8.98. The molecule has 6 heteroatoms. The number of thiophene rings is 1. The topological polar surface area (TPSA) is 66.8 Å². The van der Waals surface area contributed by atoms with Crippen molar-refractivity contribution in [2.75, 3.05) is 18.1 Å². The first-order chi connectivity index (χ1) is 13.6. The van der Waals surface area contributed by atoms with Crippen LogP contribution in [0.1, 0.15) is 21.7 Å². The van der Waals surface area contributed by atoms with Gasteiger partial charge in [-0.05, 0) is 29.6 Å². The Bertz CT molecular complexity index is 987. The van der Waals surface area contributed by atoms with E-state index in [1.165, 1.54) is 16.2 Å². The van der Waals surface area contributed by atoms with Gasteiger partial charge in [0.25, 0.3) is 5.91 Å². The summed E-state index contributed by atoms with van der Waals surface area (Å²) in [7, 11) is 0. The van der Waals surface area contributed by atoms with E-state index in [0.29, 0.717) is 21.9 Å². The van der Waals surface area contributed by atoms with Gasteiger partial charge < -0.3 is 14.7 Å². The number of carbonyl (C=O) groups excluding carboxylic acids is 2. The summed E-state index contributed by atoms with van der Waals surface area (Å²) in [6.07, 6.45) is -0.278. The second-order valence-electron chi connectivity index (χ2n) is 6.57. The summed E-state index contributed by atoms with van der Waals surface area (Å²) >= 11 is 1.30. The molecule has 2 aromatic carbocycles. The lowest BCUT2D eigenvalue weighted by molar-refractivity contribution is -0.135. The molecule has 0 radical (unpaired) electrons. The number of fused-ring (bicyclic) bond motifs is 1. The molecule has 0 aliphatic carbocycles. The highest BCUT2D eigenvalue weighted by Crippen LogP contribution is 2.42. The van der Waals surface area contributed by atoms with E-state index < -0.39 is 11.5 Å². The number of ketones is 1. The average Bonchev–Trinajstić information content (AvgIpc) is 3.32. The third-order valence-corrected chi connectivity index (χ3v) is 5.69. The maximum absolute atomic E-state index is 13.1. The van der Waals surface area contributed by atoms with Crippen molar-refractivity contribution in [1.82, 2.24) is 0 Å². The zero-order chi connectivity index (χ0) is 19.6. The van der Waals surface area contributed by atoms with Crippen molar-refractivity contribution < 1.29 is 19.4 Å². The highest BCUT2D eigenvalue weighted by Gasteiger charge is 2.50. The second-order valence-corrected chi connectivity index (χ2v) is 7.52. The van der Waals surface area contributed by atoms with E-state index in [0.717, 1.165) is 0 Å². The Labute approximate surface area is 166 Å². The summed E-state index contributed by atoms with van der Waals surface area (Å²) in [5, 5.41) is 13.0. The number of benzene rings is 2. The molecule has 1 aliphatic rings. The zero-order valence-corrected chi connectivity index (χ0v) is 15.9. The fourth-order valence-corrected chi connectivity index (χ4v) is 4.09. The summed E-state index contributed by atoms with van der Waals surface area (Å²) in [6.45, 7) is 0.555. The van der Waals surface area contributed by atoms with Crippen molar-refractivity contribution in [2.24, 2.45) is 0 Å². The largest absolute Gasteiger partial charge is 0.492 e. The second kappa shape index (κ2) is 7.58. The number of hydrogen-bond donors (Lipinski definition) is 1. The smallest absolute Gasteiger partial charge is 0.264 e. The van der Waals surface area contributed by atoms with E-state index in [2.05, 4.69) is 0 Å². The summed E-state index contributed by atoms with van der Waals surface area (Å²) in [5.74, 6) is -0.0242. The van der Waals surface area contributed by atoms with Crippen LogP contribution < -0.4 is 9.64 Å². The number of anilines is 1. The van der Waals surface area contributed by atoms with Gasteiger partial charge >= 0.3 is 0 Å². The predicted octanol–water partition coefficient (Wildman–Crippen LogP) is 3.63. The molecule has 1 N–H and O–H groups in total. The Hall–Kier alpha value is -2.96. The van der Waals surface area contributed by atoms with Crippen molar-refractivity contribution in [3.8, 4) is 5.75 Å². The third kappa shape index (κ3) is 3.32. The van der Waals surface area contributed by atoms with Gasteiger partial charge in [0.1, 0.15) is 12.4 Å². The van der Waals surface area contributed by atoms with E-state index in [1.54, 1.807) is 35.7 Å². The fraction of sp³-hybridized carbons (Fsp3) is 0.182. The third-order valence-electron chi connectivity index (χ3n) is 4.78. The van der Waals surface area contributed by atoms with Crippen LogP contribution in [0.15, 0.2) is 72.1 Å². The molecule has 0 saturated heterocycles. The Kier molecular flexibility index (Phi) is 4.98. The van der Waals surface area contributed by atoms with Crippen LogP contribution >= 0.6 is 11.3 Å². The lowest BCUT2D eigenvalue weighted by Gasteiger charge is -2.22. The van der Waals surface area contributed by atoms with Crippen LogP contribution in [-0.4, -0.2) is 29.9 Å². The highest BCUT2D eigenvalue weighted by molar-refractivity contribution is 7.12. The summed E-state index contributed by atoms with van der Waals surface area (Å²) in [4.78, 5) is 27.7. The Balaban J connectivity index is 1.54. The van der Waals surface area contributed by atoms with Crippen molar-refractivity contribution in [2.45, 2.75) is 12.0 Å². The number of ether oxygens (including phenoxy) is 1. The lowest BCUT2D eigenvalue weighted by atomic mass is 9.89. The first-order valence-corrected chi connectivity index (χ1v) is 9.86. The van der Waals surface area contributed by atoms with E-state index in [1.807, 2.05) is 36.4 Å². The van der Waals surface area contributed by atoms with E-state index >= 15 is 0 Å². The average molecular weight is 393 g/mol. The standard InChI is InChI=1S/C22H19NO4S/c24-19(20-11-6-14-28-20)15-22(26)17-9-4-5-10-18(17)23(21(22)25)12-13-27-16-7-2-1-3-8-16/h1-11,14,26H,12-13,15H2/t22-/m1/s1. The molecule has 1 aliphatic heterocycles.